The number of nitrogens with zero attached hydrogens (tertiary/aromatic N) is 1. The molecule has 1 fully saturated rings. The van der Waals surface area contributed by atoms with Crippen molar-refractivity contribution in [1.82, 2.24) is 4.90 Å². The molecule has 0 radical (unpaired) electrons. The van der Waals surface area contributed by atoms with Gasteiger partial charge in [0.25, 0.3) is 0 Å². The van der Waals surface area contributed by atoms with Gasteiger partial charge in [-0.3, -0.25) is 9.53 Å². The van der Waals surface area contributed by atoms with Crippen molar-refractivity contribution in [3.8, 4) is 0 Å². The van der Waals surface area contributed by atoms with Crippen LogP contribution in [-0.2, 0) is 9.53 Å². The van der Waals surface area contributed by atoms with E-state index in [0.717, 1.165) is 11.8 Å². The van der Waals surface area contributed by atoms with Crippen molar-refractivity contribution in [2.75, 3.05) is 13.1 Å². The van der Waals surface area contributed by atoms with E-state index in [1.807, 2.05) is 0 Å². The van der Waals surface area contributed by atoms with Gasteiger partial charge in [0.15, 0.2) is 0 Å². The monoisotopic (exact) mass is 239 g/mol. The van der Waals surface area contributed by atoms with Gasteiger partial charge in [0.1, 0.15) is 6.54 Å². The molecule has 1 aliphatic heterocycles. The van der Waals surface area contributed by atoms with E-state index in [9.17, 15) is 18.0 Å². The first-order valence-corrected chi connectivity index (χ1v) is 4.99. The van der Waals surface area contributed by atoms with Gasteiger partial charge in [-0.25, -0.2) is 4.39 Å². The number of alkyl halides is 3. The largest absolute Gasteiger partial charge is 0.375 e. The van der Waals surface area contributed by atoms with E-state index in [0.29, 0.717) is 0 Å². The average Bonchev–Trinajstić information content (AvgIpc) is 1.94. The molecule has 94 valence electrons. The van der Waals surface area contributed by atoms with Crippen LogP contribution in [0.4, 0.5) is 13.2 Å². The van der Waals surface area contributed by atoms with E-state index in [1.54, 1.807) is 20.8 Å². The number of morpholine rings is 1. The molecular formula is C10H16F3NO2. The third-order valence-electron chi connectivity index (χ3n) is 2.14. The van der Waals surface area contributed by atoms with Crippen molar-refractivity contribution < 1.29 is 22.7 Å². The first-order valence-electron chi connectivity index (χ1n) is 4.99. The van der Waals surface area contributed by atoms with Gasteiger partial charge < -0.3 is 4.90 Å². The molecule has 0 aromatic rings. The smallest absolute Gasteiger partial charge is 0.328 e. The Balaban J connectivity index is 2.87. The molecule has 0 aromatic carbocycles. The number of halogens is 3. The highest BCUT2D eigenvalue weighted by molar-refractivity contribution is 5.81. The molecule has 1 atom stereocenters. The lowest BCUT2D eigenvalue weighted by Gasteiger charge is -2.41. The SMILES string of the molecule is CC1(F)CN(C(=O)C(C)(C)C)CC(F)(F)O1. The standard InChI is InChI=1S/C10H16F3NO2/c1-8(2,3)7(15)14-5-9(4,11)16-10(12,13)6-14/h5-6H2,1-4H3. The van der Waals surface area contributed by atoms with Gasteiger partial charge in [-0.2, -0.15) is 8.78 Å². The third kappa shape index (κ3) is 3.10. The molecule has 0 bridgehead atoms. The third-order valence-corrected chi connectivity index (χ3v) is 2.14. The van der Waals surface area contributed by atoms with Gasteiger partial charge in [-0.1, -0.05) is 20.8 Å². The van der Waals surface area contributed by atoms with Gasteiger partial charge >= 0.3 is 6.11 Å². The molecule has 0 spiro atoms. The maximum absolute atomic E-state index is 13.5. The Kier molecular flexibility index (Phi) is 3.00. The summed E-state index contributed by atoms with van der Waals surface area (Å²) in [6, 6.07) is 0. The van der Waals surface area contributed by atoms with E-state index >= 15 is 0 Å². The van der Waals surface area contributed by atoms with Crippen LogP contribution in [0.5, 0.6) is 0 Å². The number of amides is 1. The molecule has 1 aliphatic rings. The van der Waals surface area contributed by atoms with Crippen LogP contribution in [0.1, 0.15) is 27.7 Å². The summed E-state index contributed by atoms with van der Waals surface area (Å²) in [6.45, 7) is 4.31. The van der Waals surface area contributed by atoms with Crippen LogP contribution in [0.25, 0.3) is 0 Å². The first-order chi connectivity index (χ1) is 6.93. The minimum atomic E-state index is -3.64. The highest BCUT2D eigenvalue weighted by atomic mass is 19.3. The number of hydrogen-bond donors (Lipinski definition) is 0. The summed E-state index contributed by atoms with van der Waals surface area (Å²) in [5.74, 6) is -3.03. The highest BCUT2D eigenvalue weighted by Gasteiger charge is 2.50. The zero-order chi connectivity index (χ0) is 12.8. The topological polar surface area (TPSA) is 29.5 Å². The Morgan fingerprint density at radius 2 is 1.75 bits per heavy atom. The van der Waals surface area contributed by atoms with Crippen LogP contribution in [-0.4, -0.2) is 35.9 Å². The van der Waals surface area contributed by atoms with Crippen molar-refractivity contribution in [3.63, 3.8) is 0 Å². The van der Waals surface area contributed by atoms with E-state index in [-0.39, 0.29) is 0 Å². The molecule has 1 saturated heterocycles. The normalized spacial score (nSPS) is 30.3. The fraction of sp³-hybridized carbons (Fsp3) is 0.900. The molecule has 6 heteroatoms. The molecule has 0 aliphatic carbocycles. The van der Waals surface area contributed by atoms with Gasteiger partial charge in [0.05, 0.1) is 6.54 Å². The Morgan fingerprint density at radius 3 is 2.12 bits per heavy atom. The zero-order valence-corrected chi connectivity index (χ0v) is 9.81. The van der Waals surface area contributed by atoms with Gasteiger partial charge in [-0.15, -0.1) is 0 Å². The molecule has 3 nitrogen and oxygen atoms in total. The van der Waals surface area contributed by atoms with E-state index in [2.05, 4.69) is 4.74 Å². The number of carbonyl (C=O) groups is 1. The maximum atomic E-state index is 13.5. The molecule has 0 aromatic heterocycles. The summed E-state index contributed by atoms with van der Waals surface area (Å²) in [7, 11) is 0. The van der Waals surface area contributed by atoms with Crippen LogP contribution >= 0.6 is 0 Å². The Bertz CT molecular complexity index is 281. The van der Waals surface area contributed by atoms with Crippen LogP contribution in [0, 0.1) is 5.41 Å². The van der Waals surface area contributed by atoms with Crippen LogP contribution in [0.3, 0.4) is 0 Å². The second-order valence-corrected chi connectivity index (χ2v) is 5.25. The predicted molar refractivity (Wildman–Crippen MR) is 51.6 cm³/mol. The van der Waals surface area contributed by atoms with E-state index in [1.165, 1.54) is 0 Å². The first kappa shape index (κ1) is 13.3. The van der Waals surface area contributed by atoms with E-state index in [4.69, 9.17) is 0 Å². The molecule has 0 saturated carbocycles. The summed E-state index contributed by atoms with van der Waals surface area (Å²) in [5.41, 5.74) is -0.816. The summed E-state index contributed by atoms with van der Waals surface area (Å²) in [4.78, 5) is 12.6. The molecule has 16 heavy (non-hydrogen) atoms. The zero-order valence-electron chi connectivity index (χ0n) is 9.81. The lowest BCUT2D eigenvalue weighted by Crippen LogP contribution is -2.58. The quantitative estimate of drug-likeness (QED) is 0.648. The number of ether oxygens (including phenoxy) is 1. The van der Waals surface area contributed by atoms with Crippen LogP contribution in [0.2, 0.25) is 0 Å². The Morgan fingerprint density at radius 1 is 1.25 bits per heavy atom. The van der Waals surface area contributed by atoms with Crippen molar-refractivity contribution in [2.45, 2.75) is 39.7 Å². The second kappa shape index (κ2) is 3.61. The minimum absolute atomic E-state index is 0.474. The van der Waals surface area contributed by atoms with Crippen molar-refractivity contribution in [1.29, 1.82) is 0 Å². The molecule has 1 amide bonds. The summed E-state index contributed by atoms with van der Waals surface area (Å²) in [5, 5.41) is 0. The average molecular weight is 239 g/mol. The van der Waals surface area contributed by atoms with Crippen molar-refractivity contribution in [2.24, 2.45) is 5.41 Å². The van der Waals surface area contributed by atoms with Crippen LogP contribution < -0.4 is 0 Å². The summed E-state index contributed by atoms with van der Waals surface area (Å²) < 4.78 is 43.5. The fourth-order valence-corrected chi connectivity index (χ4v) is 1.61. The fourth-order valence-electron chi connectivity index (χ4n) is 1.61. The minimum Gasteiger partial charge on any atom is -0.328 e. The molecule has 0 N–H and O–H groups in total. The predicted octanol–water partition coefficient (Wildman–Crippen LogP) is 2.17. The van der Waals surface area contributed by atoms with Crippen molar-refractivity contribution >= 4 is 5.91 Å². The second-order valence-electron chi connectivity index (χ2n) is 5.25. The Hall–Kier alpha value is -0.780. The number of carbonyl (C=O) groups excluding carboxylic acids is 1. The molecule has 1 unspecified atom stereocenters. The lowest BCUT2D eigenvalue weighted by atomic mass is 9.94. The molecule has 1 heterocycles. The van der Waals surface area contributed by atoms with E-state index < -0.39 is 36.4 Å². The van der Waals surface area contributed by atoms with Crippen LogP contribution in [0.15, 0.2) is 0 Å². The van der Waals surface area contributed by atoms with Gasteiger partial charge in [0.2, 0.25) is 11.8 Å². The molecular weight excluding hydrogens is 223 g/mol. The summed E-state index contributed by atoms with van der Waals surface area (Å²) in [6.07, 6.45) is -3.64. The lowest BCUT2D eigenvalue weighted by molar-refractivity contribution is -0.356. The summed E-state index contributed by atoms with van der Waals surface area (Å²) >= 11 is 0. The maximum Gasteiger partial charge on any atom is 0.375 e. The number of hydrogen-bond acceptors (Lipinski definition) is 2. The van der Waals surface area contributed by atoms with Gasteiger partial charge in [0, 0.05) is 5.41 Å². The van der Waals surface area contributed by atoms with Crippen molar-refractivity contribution in [3.05, 3.63) is 0 Å². The highest BCUT2D eigenvalue weighted by Crippen LogP contribution is 2.34. The Labute approximate surface area is 92.5 Å². The van der Waals surface area contributed by atoms with Gasteiger partial charge in [-0.05, 0) is 6.92 Å². The molecule has 1 rings (SSSR count). The number of rotatable bonds is 0.